The Hall–Kier alpha value is -1.51. The van der Waals surface area contributed by atoms with Gasteiger partial charge in [0.1, 0.15) is 24.4 Å². The minimum absolute atomic E-state index is 0. The van der Waals surface area contributed by atoms with Gasteiger partial charge in [-0.1, -0.05) is 0 Å². The molecule has 2 aliphatic rings. The number of cyclic esters (lactones) is 1. The zero-order valence-corrected chi connectivity index (χ0v) is 11.5. The molecule has 2 heterocycles. The summed E-state index contributed by atoms with van der Waals surface area (Å²) in [6.07, 6.45) is -12.3. The van der Waals surface area contributed by atoms with Crippen molar-refractivity contribution in [2.75, 3.05) is 6.61 Å². The Balaban J connectivity index is 0.00000264. The fourth-order valence-corrected chi connectivity index (χ4v) is 1.97. The fraction of sp³-hybridized carbons (Fsp3) is 0.727. The van der Waals surface area contributed by atoms with Crippen LogP contribution in [0.1, 0.15) is 0 Å². The van der Waals surface area contributed by atoms with E-state index in [4.69, 9.17) is 9.84 Å². The maximum atomic E-state index is 11.6. The van der Waals surface area contributed by atoms with E-state index in [2.05, 4.69) is 9.47 Å². The third-order valence-corrected chi connectivity index (χ3v) is 3.24. The molecule has 9 N–H and O–H groups in total. The van der Waals surface area contributed by atoms with E-state index in [1.165, 1.54) is 0 Å². The van der Waals surface area contributed by atoms with Crippen molar-refractivity contribution in [3.05, 3.63) is 11.5 Å². The summed E-state index contributed by atoms with van der Waals surface area (Å²) in [4.78, 5) is 11.6. The highest BCUT2D eigenvalue weighted by atomic mass is 16.8. The van der Waals surface area contributed by atoms with E-state index < -0.39 is 67.2 Å². The molecule has 12 nitrogen and oxygen atoms in total. The molecule has 0 aromatic rings. The van der Waals surface area contributed by atoms with Crippen molar-refractivity contribution >= 4 is 5.97 Å². The highest BCUT2D eigenvalue weighted by Crippen LogP contribution is 2.29. The number of hydrogen-bond acceptors (Lipinski definition) is 11. The van der Waals surface area contributed by atoms with Crippen LogP contribution in [0, 0.1) is 0 Å². The van der Waals surface area contributed by atoms with Crippen LogP contribution >= 0.6 is 0 Å². The van der Waals surface area contributed by atoms with Gasteiger partial charge < -0.3 is 55.4 Å². The van der Waals surface area contributed by atoms with Crippen LogP contribution in [0.3, 0.4) is 0 Å². The van der Waals surface area contributed by atoms with Crippen molar-refractivity contribution in [3.8, 4) is 0 Å². The summed E-state index contributed by atoms with van der Waals surface area (Å²) in [6, 6.07) is 0. The van der Waals surface area contributed by atoms with Gasteiger partial charge in [0.2, 0.25) is 12.0 Å². The van der Waals surface area contributed by atoms with Gasteiger partial charge in [-0.25, -0.2) is 4.79 Å². The Bertz CT molecular complexity index is 464. The molecule has 2 rings (SSSR count). The largest absolute Gasteiger partial charge is 0.505 e. The molecule has 1 saturated heterocycles. The Labute approximate surface area is 128 Å². The highest BCUT2D eigenvalue weighted by Gasteiger charge is 2.48. The van der Waals surface area contributed by atoms with E-state index >= 15 is 0 Å². The maximum absolute atomic E-state index is 11.6. The average Bonchev–Trinajstić information content (AvgIpc) is 2.77. The number of hydrogen-bond donors (Lipinski definition) is 7. The Morgan fingerprint density at radius 3 is 2.30 bits per heavy atom. The summed E-state index contributed by atoms with van der Waals surface area (Å²) in [5, 5.41) is 65.7. The number of ether oxygens (including phenoxy) is 3. The molecule has 12 heteroatoms. The second-order valence-corrected chi connectivity index (χ2v) is 4.77. The normalized spacial score (nSPS) is 38.8. The lowest BCUT2D eigenvalue weighted by molar-refractivity contribution is -0.332. The van der Waals surface area contributed by atoms with Crippen LogP contribution in [0.25, 0.3) is 0 Å². The van der Waals surface area contributed by atoms with Crippen molar-refractivity contribution in [1.82, 2.24) is 0 Å². The minimum atomic E-state index is -1.90. The SMILES string of the molecule is O.O=C1O[C@H]([C@@H](O)CO)C(O)=C1OC1O[C@H](O)[C@@H](O)[C@H](O)[C@H]1O. The Morgan fingerprint density at radius 2 is 1.74 bits per heavy atom. The van der Waals surface area contributed by atoms with Crippen molar-refractivity contribution in [3.63, 3.8) is 0 Å². The van der Waals surface area contributed by atoms with Crippen LogP contribution in [0.15, 0.2) is 11.5 Å². The molecule has 0 aliphatic carbocycles. The molecule has 0 radical (unpaired) electrons. The smallest absolute Gasteiger partial charge is 0.378 e. The summed E-state index contributed by atoms with van der Waals surface area (Å²) in [7, 11) is 0. The number of aliphatic hydroxyl groups excluding tert-OH is 7. The second-order valence-electron chi connectivity index (χ2n) is 4.77. The van der Waals surface area contributed by atoms with Gasteiger partial charge in [0.15, 0.2) is 18.2 Å². The summed E-state index contributed by atoms with van der Waals surface area (Å²) < 4.78 is 14.1. The van der Waals surface area contributed by atoms with Crippen LogP contribution in [-0.2, 0) is 19.0 Å². The standard InChI is InChI=1S/C11H16O11.H2O/c12-1-2(13)7-6(17)8(10(19)20-7)21-11-5(16)3(14)4(15)9(18)22-11;/h2-5,7,9,11-18H,1H2;1H2/t2-,3-,4-,5+,7+,9-,11?;/m0./s1. The Kier molecular flexibility index (Phi) is 6.26. The molecule has 0 amide bonds. The second kappa shape index (κ2) is 7.37. The molecule has 23 heavy (non-hydrogen) atoms. The van der Waals surface area contributed by atoms with Crippen LogP contribution < -0.4 is 0 Å². The first-order valence-electron chi connectivity index (χ1n) is 6.25. The zero-order valence-electron chi connectivity index (χ0n) is 11.5. The van der Waals surface area contributed by atoms with Crippen molar-refractivity contribution in [2.45, 2.75) is 43.1 Å². The van der Waals surface area contributed by atoms with E-state index in [9.17, 15) is 35.4 Å². The molecule has 7 atom stereocenters. The third kappa shape index (κ3) is 3.54. The van der Waals surface area contributed by atoms with Gasteiger partial charge in [-0.05, 0) is 0 Å². The van der Waals surface area contributed by atoms with Crippen molar-refractivity contribution < 1.29 is 60.2 Å². The summed E-state index contributed by atoms with van der Waals surface area (Å²) in [5.74, 6) is -2.88. The van der Waals surface area contributed by atoms with Crippen LogP contribution in [-0.4, -0.2) is 96.9 Å². The average molecular weight is 342 g/mol. The number of rotatable bonds is 4. The molecular formula is C11H18O12. The van der Waals surface area contributed by atoms with Gasteiger partial charge in [0.05, 0.1) is 6.61 Å². The van der Waals surface area contributed by atoms with Gasteiger partial charge in [-0.2, -0.15) is 0 Å². The van der Waals surface area contributed by atoms with E-state index in [1.807, 2.05) is 0 Å². The number of esters is 1. The zero-order chi connectivity index (χ0) is 16.6. The quantitative estimate of drug-likeness (QED) is 0.240. The summed E-state index contributed by atoms with van der Waals surface area (Å²) in [6.45, 7) is -0.804. The van der Waals surface area contributed by atoms with Crippen molar-refractivity contribution in [2.24, 2.45) is 0 Å². The van der Waals surface area contributed by atoms with E-state index in [-0.39, 0.29) is 5.48 Å². The first kappa shape index (κ1) is 19.5. The minimum Gasteiger partial charge on any atom is -0.505 e. The third-order valence-electron chi connectivity index (χ3n) is 3.24. The van der Waals surface area contributed by atoms with Crippen LogP contribution in [0.4, 0.5) is 0 Å². The van der Waals surface area contributed by atoms with Crippen molar-refractivity contribution in [1.29, 1.82) is 0 Å². The number of carbonyl (C=O) groups is 1. The molecule has 1 unspecified atom stereocenters. The van der Waals surface area contributed by atoms with E-state index in [0.717, 1.165) is 0 Å². The molecule has 0 saturated carbocycles. The topological polar surface area (TPSA) is 218 Å². The van der Waals surface area contributed by atoms with Gasteiger partial charge in [0.25, 0.3) is 0 Å². The van der Waals surface area contributed by atoms with Gasteiger partial charge in [-0.3, -0.25) is 0 Å². The molecular weight excluding hydrogens is 324 g/mol. The summed E-state index contributed by atoms with van der Waals surface area (Å²) in [5.41, 5.74) is 0. The first-order valence-corrected chi connectivity index (χ1v) is 6.25. The van der Waals surface area contributed by atoms with Crippen LogP contribution in [0.5, 0.6) is 0 Å². The first-order chi connectivity index (χ1) is 10.3. The molecule has 134 valence electrons. The summed E-state index contributed by atoms with van der Waals surface area (Å²) >= 11 is 0. The Morgan fingerprint density at radius 1 is 1.13 bits per heavy atom. The molecule has 2 aliphatic heterocycles. The molecule has 0 bridgehead atoms. The maximum Gasteiger partial charge on any atom is 0.378 e. The lowest BCUT2D eigenvalue weighted by Crippen LogP contribution is -2.58. The molecule has 0 aromatic carbocycles. The predicted octanol–water partition coefficient (Wildman–Crippen LogP) is -5.02. The lowest BCUT2D eigenvalue weighted by Gasteiger charge is -2.37. The number of aliphatic hydroxyl groups is 7. The van der Waals surface area contributed by atoms with Gasteiger partial charge in [0, 0.05) is 0 Å². The monoisotopic (exact) mass is 342 g/mol. The lowest BCUT2D eigenvalue weighted by atomic mass is 10.0. The predicted molar refractivity (Wildman–Crippen MR) is 66.2 cm³/mol. The highest BCUT2D eigenvalue weighted by molar-refractivity contribution is 5.89. The van der Waals surface area contributed by atoms with Gasteiger partial charge >= 0.3 is 5.97 Å². The molecule has 0 aromatic heterocycles. The van der Waals surface area contributed by atoms with Crippen LogP contribution in [0.2, 0.25) is 0 Å². The molecule has 1 fully saturated rings. The molecule has 0 spiro atoms. The van der Waals surface area contributed by atoms with E-state index in [0.29, 0.717) is 0 Å². The number of carbonyl (C=O) groups excluding carboxylic acids is 1. The van der Waals surface area contributed by atoms with E-state index in [1.54, 1.807) is 0 Å². The fourth-order valence-electron chi connectivity index (χ4n) is 1.97. The van der Waals surface area contributed by atoms with Gasteiger partial charge in [-0.15, -0.1) is 0 Å².